The lowest BCUT2D eigenvalue weighted by atomic mass is 9.70. The quantitative estimate of drug-likeness (QED) is 0.175. The molecule has 57 heavy (non-hydrogen) atoms. The Labute approximate surface area is 339 Å². The Balaban J connectivity index is 0.961. The van der Waals surface area contributed by atoms with Crippen molar-refractivity contribution < 1.29 is 9.47 Å². The van der Waals surface area contributed by atoms with Gasteiger partial charge in [-0.25, -0.2) is 9.97 Å². The fourth-order valence-electron chi connectivity index (χ4n) is 12.6. The lowest BCUT2D eigenvalue weighted by Crippen LogP contribution is -2.69. The number of morpholine rings is 1. The molecule has 7 aliphatic rings. The smallest absolute Gasteiger partial charge is 0.227 e. The number of benzene rings is 5. The molecule has 8 unspecified atom stereocenters. The van der Waals surface area contributed by atoms with Gasteiger partial charge in [0.05, 0.1) is 47.0 Å². The standard InChI is InChI=1S/C51H47N3O2S/c1-5-17-36-31(13-1)32-14-2-6-18-37(32)51(36)38-19-7-3-15-33(38)35-29-30(25-26-39(35)51)47-34-16-4-8-20-40(34)52-50(53-47)54-41-21-9-10-22-43(41)55-48-42(54)27-28-46-49(48)56-44-23-11-12-24-45(44)57-46/h1-8,13-20,25-26,29,41-46,48-49H,9-12,21-24,27-28H2. The summed E-state index contributed by atoms with van der Waals surface area (Å²) < 4.78 is 14.4. The maximum atomic E-state index is 7.24. The van der Waals surface area contributed by atoms with E-state index in [4.69, 9.17) is 19.4 Å². The molecule has 5 aliphatic carbocycles. The predicted molar refractivity (Wildman–Crippen MR) is 230 cm³/mol. The third-order valence-corrected chi connectivity index (χ3v) is 16.7. The highest BCUT2D eigenvalue weighted by atomic mass is 32.2. The lowest BCUT2D eigenvalue weighted by molar-refractivity contribution is -0.177. The van der Waals surface area contributed by atoms with Gasteiger partial charge < -0.3 is 14.4 Å². The fourth-order valence-corrected chi connectivity index (χ4v) is 14.4. The first-order chi connectivity index (χ1) is 28.3. The van der Waals surface area contributed by atoms with E-state index < -0.39 is 0 Å². The van der Waals surface area contributed by atoms with Crippen molar-refractivity contribution in [3.05, 3.63) is 138 Å². The number of rotatable bonds is 2. The fraction of sp³-hybridized carbons (Fsp3) is 0.373. The second-order valence-corrected chi connectivity index (χ2v) is 19.2. The summed E-state index contributed by atoms with van der Waals surface area (Å²) in [5.41, 5.74) is 13.5. The minimum atomic E-state index is -0.356. The maximum Gasteiger partial charge on any atom is 0.227 e. The summed E-state index contributed by atoms with van der Waals surface area (Å²) in [4.78, 5) is 13.8. The molecule has 0 radical (unpaired) electrons. The van der Waals surface area contributed by atoms with Gasteiger partial charge in [0.25, 0.3) is 0 Å². The molecule has 1 aromatic heterocycles. The third-order valence-electron chi connectivity index (χ3n) is 14.9. The summed E-state index contributed by atoms with van der Waals surface area (Å²) in [5, 5.41) is 2.26. The van der Waals surface area contributed by atoms with Gasteiger partial charge in [-0.3, -0.25) is 0 Å². The maximum absolute atomic E-state index is 7.24. The Morgan fingerprint density at radius 2 is 1.16 bits per heavy atom. The van der Waals surface area contributed by atoms with Crippen LogP contribution >= 0.6 is 11.8 Å². The van der Waals surface area contributed by atoms with Crippen LogP contribution in [0.1, 0.15) is 86.5 Å². The number of nitrogens with zero attached hydrogens (tertiary/aromatic N) is 3. The number of ether oxygens (including phenoxy) is 2. The Bertz CT molecular complexity index is 2540. The molecular formula is C51H47N3O2S. The monoisotopic (exact) mass is 765 g/mol. The molecule has 5 aromatic carbocycles. The van der Waals surface area contributed by atoms with Gasteiger partial charge in [-0.2, -0.15) is 0 Å². The summed E-state index contributed by atoms with van der Waals surface area (Å²) in [6.45, 7) is 0. The van der Waals surface area contributed by atoms with Gasteiger partial charge in [-0.15, -0.1) is 11.8 Å². The van der Waals surface area contributed by atoms with Crippen molar-refractivity contribution in [2.45, 2.75) is 117 Å². The van der Waals surface area contributed by atoms with Gasteiger partial charge in [-0.05, 0) is 95.2 Å². The second-order valence-electron chi connectivity index (χ2n) is 17.7. The first-order valence-corrected chi connectivity index (χ1v) is 22.7. The van der Waals surface area contributed by atoms with E-state index in [1.54, 1.807) is 0 Å². The first kappa shape index (κ1) is 33.5. The summed E-state index contributed by atoms with van der Waals surface area (Å²) in [6, 6.07) is 43.6. The van der Waals surface area contributed by atoms with Crippen molar-refractivity contribution in [2.24, 2.45) is 0 Å². The molecule has 13 rings (SSSR count). The topological polar surface area (TPSA) is 47.5 Å². The second kappa shape index (κ2) is 12.8. The number of para-hydroxylation sites is 1. The number of aromatic nitrogens is 2. The molecule has 2 aliphatic heterocycles. The van der Waals surface area contributed by atoms with Crippen LogP contribution in [0.4, 0.5) is 5.95 Å². The van der Waals surface area contributed by atoms with Gasteiger partial charge in [0.15, 0.2) is 0 Å². The molecule has 5 fully saturated rings. The van der Waals surface area contributed by atoms with Crippen molar-refractivity contribution in [3.63, 3.8) is 0 Å². The molecule has 0 amide bonds. The normalized spacial score (nSPS) is 30.0. The highest BCUT2D eigenvalue weighted by molar-refractivity contribution is 8.00. The van der Waals surface area contributed by atoms with Crippen LogP contribution in [-0.4, -0.2) is 57.0 Å². The van der Waals surface area contributed by atoms with Crippen molar-refractivity contribution in [3.8, 4) is 33.5 Å². The minimum absolute atomic E-state index is 0.0434. The van der Waals surface area contributed by atoms with Crippen molar-refractivity contribution >= 4 is 28.6 Å². The van der Waals surface area contributed by atoms with E-state index >= 15 is 0 Å². The van der Waals surface area contributed by atoms with Crippen molar-refractivity contribution in [1.29, 1.82) is 0 Å². The van der Waals surface area contributed by atoms with Crippen LogP contribution < -0.4 is 4.90 Å². The predicted octanol–water partition coefficient (Wildman–Crippen LogP) is 11.1. The highest BCUT2D eigenvalue weighted by Gasteiger charge is 2.56. The van der Waals surface area contributed by atoms with E-state index in [2.05, 4.69) is 132 Å². The van der Waals surface area contributed by atoms with E-state index in [0.717, 1.165) is 53.8 Å². The minimum Gasteiger partial charge on any atom is -0.370 e. The zero-order valence-electron chi connectivity index (χ0n) is 32.2. The molecular weight excluding hydrogens is 719 g/mol. The molecule has 1 spiro atoms. The molecule has 6 aromatic rings. The Morgan fingerprint density at radius 3 is 1.95 bits per heavy atom. The van der Waals surface area contributed by atoms with Crippen LogP contribution in [0, 0.1) is 0 Å². The number of hydrogen-bond acceptors (Lipinski definition) is 6. The SMILES string of the molecule is c1ccc2c(c1)-c1ccccc1C21c2ccccc2-c2cc(-c3nc(N4C5CCCCC5OC5C6OC7CCCCC7SC6CCC54)nc4ccccc34)ccc21. The molecule has 3 saturated carbocycles. The van der Waals surface area contributed by atoms with Crippen LogP contribution in [0.15, 0.2) is 115 Å². The van der Waals surface area contributed by atoms with Crippen molar-refractivity contribution in [1.82, 2.24) is 9.97 Å². The van der Waals surface area contributed by atoms with E-state index in [-0.39, 0.29) is 35.8 Å². The number of hydrogen-bond donors (Lipinski definition) is 0. The molecule has 3 heterocycles. The van der Waals surface area contributed by atoms with Crippen molar-refractivity contribution in [2.75, 3.05) is 4.90 Å². The summed E-state index contributed by atoms with van der Waals surface area (Å²) >= 11 is 2.23. The van der Waals surface area contributed by atoms with Crippen LogP contribution in [0.25, 0.3) is 44.4 Å². The molecule has 8 atom stereocenters. The molecule has 0 N–H and O–H groups in total. The number of fused-ring (bicyclic) bond motifs is 16. The van der Waals surface area contributed by atoms with E-state index in [1.165, 1.54) is 83.0 Å². The average Bonchev–Trinajstić information content (AvgIpc) is 3.74. The number of anilines is 1. The zero-order chi connectivity index (χ0) is 37.2. The average molecular weight is 766 g/mol. The van der Waals surface area contributed by atoms with Gasteiger partial charge in [0.2, 0.25) is 5.95 Å². The molecule has 284 valence electrons. The zero-order valence-corrected chi connectivity index (χ0v) is 33.0. The number of thioether (sulfide) groups is 1. The first-order valence-electron chi connectivity index (χ1n) is 21.7. The van der Waals surface area contributed by atoms with E-state index in [1.807, 2.05) is 0 Å². The summed E-state index contributed by atoms with van der Waals surface area (Å²) in [5.74, 6) is 0.868. The van der Waals surface area contributed by atoms with Gasteiger partial charge >= 0.3 is 0 Å². The Morgan fingerprint density at radius 1 is 0.526 bits per heavy atom. The Kier molecular flexibility index (Phi) is 7.49. The molecule has 5 nitrogen and oxygen atoms in total. The Hall–Kier alpha value is -4.49. The largest absolute Gasteiger partial charge is 0.370 e. The van der Waals surface area contributed by atoms with Crippen LogP contribution in [0.3, 0.4) is 0 Å². The highest BCUT2D eigenvalue weighted by Crippen LogP contribution is 2.63. The van der Waals surface area contributed by atoms with Gasteiger partial charge in [0.1, 0.15) is 6.10 Å². The lowest BCUT2D eigenvalue weighted by Gasteiger charge is -2.58. The van der Waals surface area contributed by atoms with Crippen LogP contribution in [-0.2, 0) is 14.9 Å². The van der Waals surface area contributed by atoms with E-state index in [0.29, 0.717) is 16.6 Å². The van der Waals surface area contributed by atoms with Crippen LogP contribution in [0.5, 0.6) is 0 Å². The van der Waals surface area contributed by atoms with Gasteiger partial charge in [-0.1, -0.05) is 129 Å². The van der Waals surface area contributed by atoms with Gasteiger partial charge in [0, 0.05) is 21.4 Å². The summed E-state index contributed by atoms with van der Waals surface area (Å²) in [6.07, 6.45) is 12.8. The van der Waals surface area contributed by atoms with E-state index in [9.17, 15) is 0 Å². The molecule has 6 heteroatoms. The molecule has 0 bridgehead atoms. The van der Waals surface area contributed by atoms with Crippen LogP contribution in [0.2, 0.25) is 0 Å². The molecule has 2 saturated heterocycles. The third kappa shape index (κ3) is 4.72. The summed E-state index contributed by atoms with van der Waals surface area (Å²) in [7, 11) is 0.